The second-order valence-corrected chi connectivity index (χ2v) is 14.8. The minimum atomic E-state index is -3.40. The summed E-state index contributed by atoms with van der Waals surface area (Å²) in [5.74, 6) is 0.496. The van der Waals surface area contributed by atoms with Crippen LogP contribution in [0.3, 0.4) is 0 Å². The molecule has 1 saturated heterocycles. The number of likely N-dealkylation sites (N-methyl/N-ethyl adjacent to an activating group) is 1. The third-order valence-corrected chi connectivity index (χ3v) is 10.8. The molecule has 4 aromatic rings. The third-order valence-electron chi connectivity index (χ3n) is 8.92. The molecule has 0 N–H and O–H groups in total. The molecule has 5 rings (SSSR count). The van der Waals surface area contributed by atoms with E-state index in [-0.39, 0.29) is 30.2 Å². The number of likely N-dealkylation sites (tertiary alicyclic amines) is 1. The van der Waals surface area contributed by atoms with Crippen LogP contribution in [0.4, 0.5) is 0 Å². The Morgan fingerprint density at radius 2 is 1.77 bits per heavy atom. The van der Waals surface area contributed by atoms with Crippen molar-refractivity contribution in [3.63, 3.8) is 0 Å². The Morgan fingerprint density at radius 1 is 1.04 bits per heavy atom. The van der Waals surface area contributed by atoms with Crippen LogP contribution in [-0.4, -0.2) is 70.7 Å². The number of halogens is 3. The number of carbonyl (C=O) groups excluding carboxylic acids is 1. The predicted octanol–water partition coefficient (Wildman–Crippen LogP) is 7.98. The minimum absolute atomic E-state index is 0. The molecule has 0 spiro atoms. The van der Waals surface area contributed by atoms with Crippen molar-refractivity contribution < 1.29 is 17.9 Å². The zero-order valence-electron chi connectivity index (χ0n) is 26.6. The Kier molecular flexibility index (Phi) is 12.2. The van der Waals surface area contributed by atoms with Crippen LogP contribution in [-0.2, 0) is 9.84 Å². The smallest absolute Gasteiger partial charge is 0.254 e. The maximum absolute atomic E-state index is 13.8. The van der Waals surface area contributed by atoms with Crippen molar-refractivity contribution in [3.05, 3.63) is 105 Å². The van der Waals surface area contributed by atoms with Crippen molar-refractivity contribution in [2.75, 3.05) is 46.6 Å². The summed E-state index contributed by atoms with van der Waals surface area (Å²) in [6.07, 6.45) is 3.70. The molecule has 1 atom stereocenters. The molecule has 1 heterocycles. The van der Waals surface area contributed by atoms with E-state index in [4.69, 9.17) is 27.9 Å². The highest BCUT2D eigenvalue weighted by Gasteiger charge is 2.27. The maximum Gasteiger partial charge on any atom is 0.254 e. The van der Waals surface area contributed by atoms with Crippen LogP contribution in [0.1, 0.15) is 58.1 Å². The van der Waals surface area contributed by atoms with Gasteiger partial charge in [0.05, 0.1) is 33.7 Å². The Balaban J connectivity index is 0.00000500. The number of ether oxygens (including phenoxy) is 1. The number of hydrogen-bond donors (Lipinski definition) is 0. The maximum atomic E-state index is 13.8. The van der Waals surface area contributed by atoms with Crippen molar-refractivity contribution in [1.82, 2.24) is 9.80 Å². The highest BCUT2D eigenvalue weighted by atomic mass is 35.5. The molecule has 1 aliphatic heterocycles. The summed E-state index contributed by atoms with van der Waals surface area (Å²) < 4.78 is 30.5. The zero-order valence-corrected chi connectivity index (χ0v) is 29.7. The predicted molar refractivity (Wildman–Crippen MR) is 191 cm³/mol. The van der Waals surface area contributed by atoms with Gasteiger partial charge in [0.15, 0.2) is 9.84 Å². The normalized spacial score (nSPS) is 14.6. The average molecular weight is 715 g/mol. The molecule has 0 bridgehead atoms. The first-order valence-electron chi connectivity index (χ1n) is 15.2. The van der Waals surface area contributed by atoms with Gasteiger partial charge in [-0.05, 0) is 103 Å². The Hall–Kier alpha value is -3.32. The van der Waals surface area contributed by atoms with Crippen molar-refractivity contribution >= 4 is 62.1 Å². The van der Waals surface area contributed by atoms with Crippen molar-refractivity contribution in [2.24, 2.45) is 0 Å². The molecule has 1 amide bonds. The number of hydrogen-bond acceptors (Lipinski definition) is 6. The van der Waals surface area contributed by atoms with Gasteiger partial charge in [-0.2, -0.15) is 5.26 Å². The molecule has 47 heavy (non-hydrogen) atoms. The van der Waals surface area contributed by atoms with Gasteiger partial charge in [0.1, 0.15) is 5.75 Å². The summed E-state index contributed by atoms with van der Waals surface area (Å²) in [6.45, 7) is 2.90. The molecule has 0 radical (unpaired) electrons. The first kappa shape index (κ1) is 36.5. The van der Waals surface area contributed by atoms with E-state index < -0.39 is 9.84 Å². The second kappa shape index (κ2) is 15.7. The Bertz CT molecular complexity index is 1900. The molecule has 0 saturated carbocycles. The number of benzene rings is 4. The molecule has 248 valence electrons. The van der Waals surface area contributed by atoms with Gasteiger partial charge in [-0.25, -0.2) is 8.42 Å². The van der Waals surface area contributed by atoms with Gasteiger partial charge in [-0.1, -0.05) is 59.6 Å². The van der Waals surface area contributed by atoms with Crippen molar-refractivity contribution in [1.29, 1.82) is 5.26 Å². The molecule has 1 fully saturated rings. The third kappa shape index (κ3) is 8.59. The van der Waals surface area contributed by atoms with Gasteiger partial charge in [0, 0.05) is 31.3 Å². The van der Waals surface area contributed by atoms with Crippen LogP contribution in [0.25, 0.3) is 10.8 Å². The van der Waals surface area contributed by atoms with E-state index in [0.29, 0.717) is 38.4 Å². The van der Waals surface area contributed by atoms with E-state index >= 15 is 0 Å². The van der Waals surface area contributed by atoms with E-state index in [1.54, 1.807) is 36.2 Å². The van der Waals surface area contributed by atoms with E-state index in [0.717, 1.165) is 60.8 Å². The van der Waals surface area contributed by atoms with Gasteiger partial charge >= 0.3 is 0 Å². The lowest BCUT2D eigenvalue weighted by atomic mass is 9.88. The van der Waals surface area contributed by atoms with E-state index in [9.17, 15) is 18.5 Å². The summed E-state index contributed by atoms with van der Waals surface area (Å²) in [6, 6.07) is 24.2. The fraction of sp³-hybridized carbons (Fsp3) is 0.333. The number of sulfone groups is 1. The number of nitrogens with zero attached hydrogens (tertiary/aromatic N) is 3. The molecular weight excluding hydrogens is 677 g/mol. The summed E-state index contributed by atoms with van der Waals surface area (Å²) in [5, 5.41) is 12.2. The highest BCUT2D eigenvalue weighted by molar-refractivity contribution is 7.90. The van der Waals surface area contributed by atoms with E-state index in [1.807, 2.05) is 48.5 Å². The first-order chi connectivity index (χ1) is 22.0. The average Bonchev–Trinajstić information content (AvgIpc) is 3.06. The molecule has 0 aromatic heterocycles. The van der Waals surface area contributed by atoms with Gasteiger partial charge in [-0.3, -0.25) is 4.79 Å². The molecule has 11 heteroatoms. The van der Waals surface area contributed by atoms with Crippen LogP contribution in [0.15, 0.2) is 77.7 Å². The van der Waals surface area contributed by atoms with Crippen LogP contribution >= 0.6 is 35.6 Å². The molecule has 0 aliphatic carbocycles. The van der Waals surface area contributed by atoms with Gasteiger partial charge < -0.3 is 14.5 Å². The quantitative estimate of drug-likeness (QED) is 0.166. The van der Waals surface area contributed by atoms with Gasteiger partial charge in [0.25, 0.3) is 5.91 Å². The number of nitriles is 1. The number of carbonyl (C=O) groups is 1. The number of fused-ring (bicyclic) bond motifs is 1. The molecular formula is C36H38Cl3N3O4S. The van der Waals surface area contributed by atoms with Crippen LogP contribution in [0.5, 0.6) is 5.75 Å². The number of amides is 1. The fourth-order valence-corrected chi connectivity index (χ4v) is 7.71. The van der Waals surface area contributed by atoms with Crippen molar-refractivity contribution in [3.8, 4) is 11.8 Å². The number of rotatable bonds is 10. The van der Waals surface area contributed by atoms with E-state index in [2.05, 4.69) is 11.0 Å². The lowest BCUT2D eigenvalue weighted by Crippen LogP contribution is -2.36. The summed E-state index contributed by atoms with van der Waals surface area (Å²) in [5.41, 5.74) is 2.79. The summed E-state index contributed by atoms with van der Waals surface area (Å²) in [7, 11) is -0.0781. The van der Waals surface area contributed by atoms with Crippen LogP contribution in [0.2, 0.25) is 10.0 Å². The van der Waals surface area contributed by atoms with E-state index in [1.165, 1.54) is 13.4 Å². The van der Waals surface area contributed by atoms with Crippen molar-refractivity contribution in [2.45, 2.75) is 36.0 Å². The molecule has 1 aliphatic rings. The molecule has 7 nitrogen and oxygen atoms in total. The lowest BCUT2D eigenvalue weighted by molar-refractivity contribution is 0.0783. The Labute approximate surface area is 293 Å². The summed E-state index contributed by atoms with van der Waals surface area (Å²) in [4.78, 5) is 18.3. The van der Waals surface area contributed by atoms with Gasteiger partial charge in [-0.15, -0.1) is 12.4 Å². The number of piperidine rings is 1. The van der Waals surface area contributed by atoms with Crippen LogP contribution in [0, 0.1) is 11.3 Å². The summed E-state index contributed by atoms with van der Waals surface area (Å²) >= 11 is 12.7. The minimum Gasteiger partial charge on any atom is -0.497 e. The second-order valence-electron chi connectivity index (χ2n) is 12.0. The topological polar surface area (TPSA) is 90.7 Å². The highest BCUT2D eigenvalue weighted by Crippen LogP contribution is 2.35. The molecule has 4 aromatic carbocycles. The zero-order chi connectivity index (χ0) is 33.0. The largest absolute Gasteiger partial charge is 0.497 e. The lowest BCUT2D eigenvalue weighted by Gasteiger charge is -2.34. The number of methoxy groups -OCH3 is 1. The van der Waals surface area contributed by atoms with Gasteiger partial charge in [0.2, 0.25) is 0 Å². The molecule has 0 unspecified atom stereocenters. The fourth-order valence-electron chi connectivity index (χ4n) is 6.41. The van der Waals surface area contributed by atoms with Crippen LogP contribution < -0.4 is 4.74 Å². The monoisotopic (exact) mass is 713 g/mol. The Morgan fingerprint density at radius 3 is 2.43 bits per heavy atom. The SMILES string of the molecule is COc1ccc(C2CCN(CC[C@H](CN(C)C(=O)c3cc(C#N)cc4ccccc34)c3ccc(Cl)c(Cl)c3)CC2)c(S(C)(=O)=O)c1.Cl. The standard InChI is InChI=1S/C36H37Cl2N3O4S.ClH/c1-40(36(42)32-19-24(22-39)18-27-6-4-5-7-30(27)32)23-28(26-8-11-33(37)34(38)20-26)14-17-41-15-12-25(13-16-41)31-10-9-29(45-2)21-35(31)46(3,43)44;/h4-11,18-21,25,28H,12-17,23H2,1-3H3;1H/t28-;/m1./s1. The first-order valence-corrected chi connectivity index (χ1v) is 17.9.